The van der Waals surface area contributed by atoms with Crippen molar-refractivity contribution < 1.29 is 4.42 Å². The van der Waals surface area contributed by atoms with Crippen LogP contribution in [0.25, 0.3) is 22.1 Å². The Bertz CT molecular complexity index is 1100. The van der Waals surface area contributed by atoms with Gasteiger partial charge in [0.15, 0.2) is 0 Å². The molecule has 0 spiro atoms. The number of rotatable bonds is 5. The molecule has 4 rings (SSSR count). The van der Waals surface area contributed by atoms with Crippen LogP contribution in [-0.2, 0) is 13.1 Å². The maximum Gasteiger partial charge on any atom is 0.294 e. The summed E-state index contributed by atoms with van der Waals surface area (Å²) in [6.07, 6.45) is 0. The molecular formula is C21H21N3O2. The Morgan fingerprint density at radius 1 is 1.04 bits per heavy atom. The molecule has 2 aromatic heterocycles. The summed E-state index contributed by atoms with van der Waals surface area (Å²) >= 11 is 0. The quantitative estimate of drug-likeness (QED) is 0.591. The van der Waals surface area contributed by atoms with Crippen molar-refractivity contribution >= 4 is 22.1 Å². The lowest BCUT2D eigenvalue weighted by Gasteiger charge is -2.25. The number of benzene rings is 2. The summed E-state index contributed by atoms with van der Waals surface area (Å²) in [6.45, 7) is 5.66. The predicted octanol–water partition coefficient (Wildman–Crippen LogP) is 4.08. The predicted molar refractivity (Wildman–Crippen MR) is 103 cm³/mol. The average molecular weight is 347 g/mol. The second-order valence-electron chi connectivity index (χ2n) is 6.77. The van der Waals surface area contributed by atoms with E-state index in [1.165, 1.54) is 5.56 Å². The average Bonchev–Trinajstić information content (AvgIpc) is 3.01. The van der Waals surface area contributed by atoms with Crippen LogP contribution in [0.15, 0.2) is 63.8 Å². The van der Waals surface area contributed by atoms with Crippen molar-refractivity contribution in [3.63, 3.8) is 0 Å². The minimum Gasteiger partial charge on any atom is -0.449 e. The second kappa shape index (κ2) is 6.77. The van der Waals surface area contributed by atoms with Gasteiger partial charge in [-0.25, -0.2) is 4.98 Å². The zero-order valence-electron chi connectivity index (χ0n) is 14.9. The van der Waals surface area contributed by atoms with E-state index in [4.69, 9.17) is 9.40 Å². The van der Waals surface area contributed by atoms with Crippen LogP contribution in [0.3, 0.4) is 0 Å². The number of aromatic nitrogens is 2. The molecule has 0 amide bonds. The fourth-order valence-electron chi connectivity index (χ4n) is 3.15. The molecule has 2 heterocycles. The molecule has 0 bridgehead atoms. The van der Waals surface area contributed by atoms with Gasteiger partial charge in [-0.05, 0) is 31.5 Å². The van der Waals surface area contributed by atoms with Gasteiger partial charge in [-0.3, -0.25) is 9.69 Å². The Balaban J connectivity index is 1.71. The molecule has 0 saturated carbocycles. The number of nitrogens with zero attached hydrogens (tertiary/aromatic N) is 2. The second-order valence-corrected chi connectivity index (χ2v) is 6.77. The monoisotopic (exact) mass is 347 g/mol. The molecule has 0 aliphatic heterocycles. The topological polar surface area (TPSA) is 62.1 Å². The fraction of sp³-hybridized carbons (Fsp3) is 0.238. The molecule has 26 heavy (non-hydrogen) atoms. The van der Waals surface area contributed by atoms with Gasteiger partial charge in [-0.15, -0.1) is 0 Å². The third kappa shape index (κ3) is 3.13. The Kier molecular flexibility index (Phi) is 4.31. The molecule has 1 N–H and O–H groups in total. The van der Waals surface area contributed by atoms with Gasteiger partial charge in [0, 0.05) is 18.0 Å². The zero-order chi connectivity index (χ0) is 18.1. The third-order valence-electron chi connectivity index (χ3n) is 4.59. The molecule has 0 radical (unpaired) electrons. The Hall–Kier alpha value is -2.92. The van der Waals surface area contributed by atoms with E-state index in [0.29, 0.717) is 29.5 Å². The van der Waals surface area contributed by atoms with Crippen LogP contribution in [0.2, 0.25) is 0 Å². The van der Waals surface area contributed by atoms with E-state index in [1.807, 2.05) is 42.5 Å². The molecule has 132 valence electrons. The van der Waals surface area contributed by atoms with Gasteiger partial charge in [0.05, 0.1) is 6.54 Å². The Labute approximate surface area is 151 Å². The number of hydrogen-bond donors (Lipinski definition) is 1. The molecule has 2 aromatic carbocycles. The van der Waals surface area contributed by atoms with E-state index in [0.717, 1.165) is 11.9 Å². The van der Waals surface area contributed by atoms with Crippen LogP contribution in [0.1, 0.15) is 25.2 Å². The fourth-order valence-corrected chi connectivity index (χ4v) is 3.15. The smallest absolute Gasteiger partial charge is 0.294 e. The van der Waals surface area contributed by atoms with Crippen LogP contribution < -0.4 is 5.56 Å². The van der Waals surface area contributed by atoms with Crippen molar-refractivity contribution in [2.75, 3.05) is 0 Å². The number of fused-ring (bicyclic) bond motifs is 3. The van der Waals surface area contributed by atoms with Crippen molar-refractivity contribution in [1.29, 1.82) is 0 Å². The van der Waals surface area contributed by atoms with Gasteiger partial charge in [0.2, 0.25) is 5.58 Å². The van der Waals surface area contributed by atoms with Crippen molar-refractivity contribution in [1.82, 2.24) is 14.9 Å². The van der Waals surface area contributed by atoms with E-state index in [9.17, 15) is 4.79 Å². The number of aromatic amines is 1. The molecule has 0 unspecified atom stereocenters. The number of nitrogens with one attached hydrogen (secondary N) is 1. The molecular weight excluding hydrogens is 326 g/mol. The molecule has 0 fully saturated rings. The maximum absolute atomic E-state index is 12.5. The van der Waals surface area contributed by atoms with Crippen molar-refractivity contribution in [2.24, 2.45) is 0 Å². The van der Waals surface area contributed by atoms with E-state index >= 15 is 0 Å². The molecule has 0 aliphatic carbocycles. The molecule has 0 atom stereocenters. The lowest BCUT2D eigenvalue weighted by atomic mass is 10.2. The van der Waals surface area contributed by atoms with E-state index in [-0.39, 0.29) is 11.1 Å². The van der Waals surface area contributed by atoms with Crippen LogP contribution >= 0.6 is 0 Å². The molecule has 0 aliphatic rings. The van der Waals surface area contributed by atoms with Gasteiger partial charge < -0.3 is 9.40 Å². The minimum atomic E-state index is -0.232. The zero-order valence-corrected chi connectivity index (χ0v) is 14.9. The lowest BCUT2D eigenvalue weighted by Crippen LogP contribution is -2.31. The highest BCUT2D eigenvalue weighted by atomic mass is 16.3. The van der Waals surface area contributed by atoms with Crippen LogP contribution in [-0.4, -0.2) is 20.9 Å². The minimum absolute atomic E-state index is 0.232. The summed E-state index contributed by atoms with van der Waals surface area (Å²) < 4.78 is 5.67. The van der Waals surface area contributed by atoms with Crippen LogP contribution in [0.4, 0.5) is 0 Å². The van der Waals surface area contributed by atoms with Gasteiger partial charge in [0.1, 0.15) is 16.9 Å². The normalized spacial score (nSPS) is 11.8. The molecule has 5 nitrogen and oxygen atoms in total. The van der Waals surface area contributed by atoms with Crippen molar-refractivity contribution in [2.45, 2.75) is 33.0 Å². The van der Waals surface area contributed by atoms with Gasteiger partial charge >= 0.3 is 0 Å². The summed E-state index contributed by atoms with van der Waals surface area (Å²) in [7, 11) is 0. The first-order valence-corrected chi connectivity index (χ1v) is 8.80. The lowest BCUT2D eigenvalue weighted by molar-refractivity contribution is 0.198. The first-order valence-electron chi connectivity index (χ1n) is 8.80. The SMILES string of the molecule is CC(C)N(Cc1ccccc1)Cc1nc2c(oc3ccccc32)c(=O)[nH]1. The first-order chi connectivity index (χ1) is 12.6. The van der Waals surface area contributed by atoms with E-state index in [1.54, 1.807) is 0 Å². The summed E-state index contributed by atoms with van der Waals surface area (Å²) in [5, 5.41) is 0.869. The van der Waals surface area contributed by atoms with Crippen LogP contribution in [0, 0.1) is 0 Å². The summed E-state index contributed by atoms with van der Waals surface area (Å²) in [4.78, 5) is 22.3. The highest BCUT2D eigenvalue weighted by molar-refractivity contribution is 6.01. The first kappa shape index (κ1) is 16.5. The summed E-state index contributed by atoms with van der Waals surface area (Å²) in [5.74, 6) is 0.652. The van der Waals surface area contributed by atoms with Gasteiger partial charge in [-0.1, -0.05) is 42.5 Å². The van der Waals surface area contributed by atoms with Gasteiger partial charge in [-0.2, -0.15) is 0 Å². The number of para-hydroxylation sites is 1. The van der Waals surface area contributed by atoms with E-state index in [2.05, 4.69) is 35.9 Å². The Morgan fingerprint density at radius 2 is 1.77 bits per heavy atom. The molecule has 0 saturated heterocycles. The van der Waals surface area contributed by atoms with Gasteiger partial charge in [0.25, 0.3) is 5.56 Å². The summed E-state index contributed by atoms with van der Waals surface area (Å²) in [6, 6.07) is 18.2. The van der Waals surface area contributed by atoms with Crippen molar-refractivity contribution in [3.05, 3.63) is 76.3 Å². The van der Waals surface area contributed by atoms with Crippen molar-refractivity contribution in [3.8, 4) is 0 Å². The standard InChI is InChI=1S/C21H21N3O2/c1-14(2)24(12-15-8-4-3-5-9-15)13-18-22-19-16-10-6-7-11-17(16)26-20(19)21(25)23-18/h3-11,14H,12-13H2,1-2H3,(H,22,23,25). The maximum atomic E-state index is 12.5. The largest absolute Gasteiger partial charge is 0.449 e. The van der Waals surface area contributed by atoms with E-state index < -0.39 is 0 Å². The highest BCUT2D eigenvalue weighted by Gasteiger charge is 2.16. The molecule has 5 heteroatoms. The number of furan rings is 1. The molecule has 4 aromatic rings. The number of hydrogen-bond acceptors (Lipinski definition) is 4. The Morgan fingerprint density at radius 3 is 2.54 bits per heavy atom. The van der Waals surface area contributed by atoms with Crippen LogP contribution in [0.5, 0.6) is 0 Å². The third-order valence-corrected chi connectivity index (χ3v) is 4.59. The summed E-state index contributed by atoms with van der Waals surface area (Å²) in [5.41, 5.74) is 2.60. The highest BCUT2D eigenvalue weighted by Crippen LogP contribution is 2.24. The number of H-pyrrole nitrogens is 1.